The molecule has 1 aromatic carbocycles. The number of nitrogens with zero attached hydrogens (tertiary/aromatic N) is 1. The van der Waals surface area contributed by atoms with Crippen molar-refractivity contribution in [3.63, 3.8) is 0 Å². The summed E-state index contributed by atoms with van der Waals surface area (Å²) in [6, 6.07) is 6.13. The second-order valence-corrected chi connectivity index (χ2v) is 4.26. The van der Waals surface area contributed by atoms with Gasteiger partial charge in [-0.2, -0.15) is 0 Å². The minimum atomic E-state index is -0.00176. The van der Waals surface area contributed by atoms with Gasteiger partial charge in [0.05, 0.1) is 5.69 Å². The van der Waals surface area contributed by atoms with Crippen LogP contribution in [-0.4, -0.2) is 9.97 Å². The molecule has 1 aliphatic carbocycles. The van der Waals surface area contributed by atoms with E-state index in [4.69, 9.17) is 0 Å². The van der Waals surface area contributed by atoms with Crippen LogP contribution in [0.15, 0.2) is 23.0 Å². The molecule has 2 aromatic rings. The number of benzene rings is 1. The lowest BCUT2D eigenvalue weighted by Crippen LogP contribution is -2.14. The first-order chi connectivity index (χ1) is 8.66. The fourth-order valence-electron chi connectivity index (χ4n) is 2.33. The molecule has 3 nitrogen and oxygen atoms in total. The van der Waals surface area contributed by atoms with Crippen LogP contribution in [0.1, 0.15) is 36.4 Å². The van der Waals surface area contributed by atoms with Gasteiger partial charge in [0.2, 0.25) is 0 Å². The van der Waals surface area contributed by atoms with Gasteiger partial charge in [0.15, 0.2) is 0 Å². The van der Waals surface area contributed by atoms with Gasteiger partial charge in [-0.1, -0.05) is 32.0 Å². The third-order valence-electron chi connectivity index (χ3n) is 3.15. The Bertz CT molecular complexity index is 641. The maximum absolute atomic E-state index is 11.8. The van der Waals surface area contributed by atoms with Gasteiger partial charge in [-0.05, 0) is 25.0 Å². The van der Waals surface area contributed by atoms with E-state index >= 15 is 0 Å². The van der Waals surface area contributed by atoms with Crippen molar-refractivity contribution in [2.24, 2.45) is 0 Å². The summed E-state index contributed by atoms with van der Waals surface area (Å²) in [7, 11) is 0. The lowest BCUT2D eigenvalue weighted by molar-refractivity contribution is 0.994. The summed E-state index contributed by atoms with van der Waals surface area (Å²) >= 11 is 0. The Kier molecular flexibility index (Phi) is 3.32. The molecule has 1 N–H and O–H groups in total. The molecule has 0 aliphatic heterocycles. The maximum atomic E-state index is 11.8. The number of aryl methyl sites for hydroxylation is 2. The molecule has 3 rings (SSSR count). The number of hydrogen-bond acceptors (Lipinski definition) is 2. The van der Waals surface area contributed by atoms with Crippen molar-refractivity contribution in [3.05, 3.63) is 51.1 Å². The van der Waals surface area contributed by atoms with Crippen LogP contribution < -0.4 is 5.56 Å². The van der Waals surface area contributed by atoms with Crippen molar-refractivity contribution in [1.82, 2.24) is 9.97 Å². The maximum Gasteiger partial charge on any atom is 0.255 e. The molecule has 0 atom stereocenters. The monoisotopic (exact) mass is 242 g/mol. The number of rotatable bonds is 0. The van der Waals surface area contributed by atoms with Gasteiger partial charge < -0.3 is 4.98 Å². The van der Waals surface area contributed by atoms with Crippen molar-refractivity contribution >= 4 is 0 Å². The Morgan fingerprint density at radius 3 is 2.61 bits per heavy atom. The molecular formula is C15H18N2O. The molecule has 0 saturated carbocycles. The lowest BCUT2D eigenvalue weighted by Gasteiger charge is -2.02. The summed E-state index contributed by atoms with van der Waals surface area (Å²) in [5.74, 6) is 0.679. The SMILES string of the molecule is CC.Cc1nc2c(c(=O)[nH]1)Cc1c(C)cccc1-2. The van der Waals surface area contributed by atoms with Crippen molar-refractivity contribution in [1.29, 1.82) is 0 Å². The van der Waals surface area contributed by atoms with Crippen LogP contribution >= 0.6 is 0 Å². The summed E-state index contributed by atoms with van der Waals surface area (Å²) < 4.78 is 0. The van der Waals surface area contributed by atoms with Gasteiger partial charge in [0.25, 0.3) is 5.56 Å². The highest BCUT2D eigenvalue weighted by atomic mass is 16.1. The standard InChI is InChI=1S/C13H12N2O.C2H6/c1-7-4-3-5-9-10(7)6-11-12(9)14-8(2)15-13(11)16;1-2/h3-5H,6H2,1-2H3,(H,14,15,16);1-2H3. The van der Waals surface area contributed by atoms with Gasteiger partial charge in [-0.3, -0.25) is 4.79 Å². The van der Waals surface area contributed by atoms with E-state index in [-0.39, 0.29) is 5.56 Å². The molecule has 0 spiro atoms. The topological polar surface area (TPSA) is 45.8 Å². The van der Waals surface area contributed by atoms with Crippen molar-refractivity contribution in [2.75, 3.05) is 0 Å². The van der Waals surface area contributed by atoms with Crippen LogP contribution in [0.4, 0.5) is 0 Å². The zero-order valence-corrected chi connectivity index (χ0v) is 11.3. The normalized spacial score (nSPS) is 11.3. The molecule has 0 radical (unpaired) electrons. The third kappa shape index (κ3) is 1.86. The van der Waals surface area contributed by atoms with E-state index in [0.29, 0.717) is 12.2 Å². The molecule has 0 unspecified atom stereocenters. The largest absolute Gasteiger partial charge is 0.311 e. The second kappa shape index (κ2) is 4.77. The van der Waals surface area contributed by atoms with E-state index in [2.05, 4.69) is 23.0 Å². The molecule has 0 saturated heterocycles. The van der Waals surface area contributed by atoms with Gasteiger partial charge in [0.1, 0.15) is 5.82 Å². The first-order valence-electron chi connectivity index (χ1n) is 6.35. The molecule has 18 heavy (non-hydrogen) atoms. The van der Waals surface area contributed by atoms with Crippen LogP contribution in [0.25, 0.3) is 11.3 Å². The minimum absolute atomic E-state index is 0.00176. The zero-order valence-electron chi connectivity index (χ0n) is 11.3. The quantitative estimate of drug-likeness (QED) is 0.658. The van der Waals surface area contributed by atoms with Crippen molar-refractivity contribution in [2.45, 2.75) is 34.1 Å². The molecule has 0 amide bonds. The van der Waals surface area contributed by atoms with Gasteiger partial charge >= 0.3 is 0 Å². The predicted molar refractivity (Wildman–Crippen MR) is 73.9 cm³/mol. The fraction of sp³-hybridized carbons (Fsp3) is 0.333. The van der Waals surface area contributed by atoms with Crippen LogP contribution in [0.2, 0.25) is 0 Å². The Morgan fingerprint density at radius 2 is 1.89 bits per heavy atom. The minimum Gasteiger partial charge on any atom is -0.311 e. The van der Waals surface area contributed by atoms with Crippen molar-refractivity contribution < 1.29 is 0 Å². The Morgan fingerprint density at radius 1 is 1.17 bits per heavy atom. The number of aromatic nitrogens is 2. The summed E-state index contributed by atoms with van der Waals surface area (Å²) in [4.78, 5) is 19.0. The van der Waals surface area contributed by atoms with Gasteiger partial charge in [-0.25, -0.2) is 4.98 Å². The van der Waals surface area contributed by atoms with E-state index in [0.717, 1.165) is 16.8 Å². The van der Waals surface area contributed by atoms with Gasteiger partial charge in [-0.15, -0.1) is 0 Å². The lowest BCUT2D eigenvalue weighted by atomic mass is 10.0. The summed E-state index contributed by atoms with van der Waals surface area (Å²) in [6.45, 7) is 7.89. The summed E-state index contributed by atoms with van der Waals surface area (Å²) in [6.07, 6.45) is 0.708. The summed E-state index contributed by atoms with van der Waals surface area (Å²) in [5, 5.41) is 0. The van der Waals surface area contributed by atoms with E-state index in [1.807, 2.05) is 32.9 Å². The fourth-order valence-corrected chi connectivity index (χ4v) is 2.33. The van der Waals surface area contributed by atoms with Crippen LogP contribution in [-0.2, 0) is 6.42 Å². The third-order valence-corrected chi connectivity index (χ3v) is 3.15. The predicted octanol–water partition coefficient (Wildman–Crippen LogP) is 2.98. The Labute approximate surface area is 107 Å². The Hall–Kier alpha value is -1.90. The van der Waals surface area contributed by atoms with Gasteiger partial charge in [0, 0.05) is 17.5 Å². The van der Waals surface area contributed by atoms with Crippen LogP contribution in [0, 0.1) is 13.8 Å². The highest BCUT2D eigenvalue weighted by molar-refractivity contribution is 5.74. The zero-order chi connectivity index (χ0) is 13.3. The van der Waals surface area contributed by atoms with E-state index in [9.17, 15) is 4.79 Å². The number of hydrogen-bond donors (Lipinski definition) is 1. The molecule has 0 bridgehead atoms. The average molecular weight is 242 g/mol. The summed E-state index contributed by atoms with van der Waals surface area (Å²) in [5.41, 5.74) is 5.24. The molecule has 3 heteroatoms. The average Bonchev–Trinajstić information content (AvgIpc) is 2.73. The highest BCUT2D eigenvalue weighted by Crippen LogP contribution is 2.34. The van der Waals surface area contributed by atoms with Crippen molar-refractivity contribution in [3.8, 4) is 11.3 Å². The van der Waals surface area contributed by atoms with Crippen LogP contribution in [0.3, 0.4) is 0 Å². The first-order valence-corrected chi connectivity index (χ1v) is 6.35. The number of H-pyrrole nitrogens is 1. The molecule has 1 aliphatic rings. The first kappa shape index (κ1) is 12.6. The van der Waals surface area contributed by atoms with Crippen LogP contribution in [0.5, 0.6) is 0 Å². The highest BCUT2D eigenvalue weighted by Gasteiger charge is 2.23. The molecule has 1 aromatic heterocycles. The number of fused-ring (bicyclic) bond motifs is 3. The van der Waals surface area contributed by atoms with E-state index in [1.165, 1.54) is 11.1 Å². The van der Waals surface area contributed by atoms with E-state index < -0.39 is 0 Å². The molecular weight excluding hydrogens is 224 g/mol. The second-order valence-electron chi connectivity index (χ2n) is 4.26. The Balaban J connectivity index is 0.000000574. The molecule has 94 valence electrons. The number of nitrogens with one attached hydrogen (secondary N) is 1. The number of aromatic amines is 1. The molecule has 0 fully saturated rings. The molecule has 1 heterocycles. The smallest absolute Gasteiger partial charge is 0.255 e. The van der Waals surface area contributed by atoms with E-state index in [1.54, 1.807) is 0 Å².